The van der Waals surface area contributed by atoms with E-state index in [0.29, 0.717) is 0 Å². The molecule has 1 heterocycles. The maximum absolute atomic E-state index is 11.7. The second kappa shape index (κ2) is 5.84. The van der Waals surface area contributed by atoms with Crippen LogP contribution in [0.25, 0.3) is 0 Å². The van der Waals surface area contributed by atoms with Gasteiger partial charge in [-0.3, -0.25) is 9.59 Å². The van der Waals surface area contributed by atoms with Crippen molar-refractivity contribution in [3.8, 4) is 0 Å². The van der Waals surface area contributed by atoms with E-state index >= 15 is 0 Å². The topological polar surface area (TPSA) is 147 Å². The summed E-state index contributed by atoms with van der Waals surface area (Å²) in [5.74, 6) is -2.70. The van der Waals surface area contributed by atoms with E-state index in [1.54, 1.807) is 0 Å². The number of nitrogens with one attached hydrogen (secondary N) is 2. The summed E-state index contributed by atoms with van der Waals surface area (Å²) in [5.41, 5.74) is 0. The van der Waals surface area contributed by atoms with Crippen molar-refractivity contribution in [3.05, 3.63) is 0 Å². The maximum atomic E-state index is 11.7. The van der Waals surface area contributed by atoms with Crippen LogP contribution in [0.5, 0.6) is 0 Å². The van der Waals surface area contributed by atoms with E-state index in [-0.39, 0.29) is 12.2 Å². The SMILES string of the molecule is O=C(O)CNC(=O)CNS(=O)(=O)C1CCS(=O)(=O)C1. The van der Waals surface area contributed by atoms with Gasteiger partial charge in [0.15, 0.2) is 9.84 Å². The molecule has 1 atom stereocenters. The first-order valence-electron chi connectivity index (χ1n) is 5.30. The molecule has 9 nitrogen and oxygen atoms in total. The summed E-state index contributed by atoms with van der Waals surface area (Å²) in [6.07, 6.45) is -0.00554. The van der Waals surface area contributed by atoms with Crippen LogP contribution in [0.15, 0.2) is 0 Å². The van der Waals surface area contributed by atoms with Gasteiger partial charge >= 0.3 is 5.97 Å². The molecule has 3 N–H and O–H groups in total. The van der Waals surface area contributed by atoms with Gasteiger partial charge < -0.3 is 10.4 Å². The first kappa shape index (κ1) is 15.9. The van der Waals surface area contributed by atoms with Gasteiger partial charge in [0, 0.05) is 0 Å². The Balaban J connectivity index is 2.48. The minimum Gasteiger partial charge on any atom is -0.480 e. The molecule has 19 heavy (non-hydrogen) atoms. The molecule has 1 rings (SSSR count). The van der Waals surface area contributed by atoms with Gasteiger partial charge in [-0.25, -0.2) is 21.6 Å². The molecule has 0 aliphatic carbocycles. The Morgan fingerprint density at radius 2 is 1.89 bits per heavy atom. The van der Waals surface area contributed by atoms with E-state index in [0.717, 1.165) is 0 Å². The van der Waals surface area contributed by atoms with Crippen molar-refractivity contribution in [2.45, 2.75) is 11.7 Å². The third-order valence-corrected chi connectivity index (χ3v) is 6.31. The van der Waals surface area contributed by atoms with Crippen LogP contribution in [0, 0.1) is 0 Å². The predicted molar refractivity (Wildman–Crippen MR) is 64.6 cm³/mol. The van der Waals surface area contributed by atoms with Crippen LogP contribution in [-0.4, -0.2) is 63.7 Å². The molecule has 0 bridgehead atoms. The van der Waals surface area contributed by atoms with E-state index in [1.165, 1.54) is 0 Å². The van der Waals surface area contributed by atoms with E-state index in [4.69, 9.17) is 5.11 Å². The molecule has 1 unspecified atom stereocenters. The molecule has 11 heteroatoms. The first-order chi connectivity index (χ1) is 8.62. The molecule has 0 aromatic heterocycles. The van der Waals surface area contributed by atoms with Crippen molar-refractivity contribution in [1.82, 2.24) is 10.0 Å². The molecule has 0 aromatic carbocycles. The summed E-state index contributed by atoms with van der Waals surface area (Å²) in [7, 11) is -7.24. The fourth-order valence-electron chi connectivity index (χ4n) is 1.53. The largest absolute Gasteiger partial charge is 0.480 e. The summed E-state index contributed by atoms with van der Waals surface area (Å²) in [6, 6.07) is 0. The third kappa shape index (κ3) is 5.12. The van der Waals surface area contributed by atoms with Crippen molar-refractivity contribution in [1.29, 1.82) is 0 Å². The Hall–Kier alpha value is -1.20. The molecule has 1 fully saturated rings. The highest BCUT2D eigenvalue weighted by atomic mass is 32.2. The summed E-state index contributed by atoms with van der Waals surface area (Å²) in [5, 5.41) is 9.21. The number of carbonyl (C=O) groups is 2. The number of aliphatic carboxylic acids is 1. The molecule has 0 saturated carbocycles. The second-order valence-corrected chi connectivity index (χ2v) is 8.34. The summed E-state index contributed by atoms with van der Waals surface area (Å²) < 4.78 is 47.7. The van der Waals surface area contributed by atoms with Crippen LogP contribution in [0.4, 0.5) is 0 Å². The fourth-order valence-corrected chi connectivity index (χ4v) is 5.55. The number of rotatable bonds is 6. The van der Waals surface area contributed by atoms with Gasteiger partial charge in [0.05, 0.1) is 23.3 Å². The fraction of sp³-hybridized carbons (Fsp3) is 0.750. The molecule has 1 saturated heterocycles. The number of hydrogen-bond donors (Lipinski definition) is 3. The van der Waals surface area contributed by atoms with Gasteiger partial charge in [0.1, 0.15) is 6.54 Å². The van der Waals surface area contributed by atoms with Crippen LogP contribution in [0.3, 0.4) is 0 Å². The average Bonchev–Trinajstić information content (AvgIpc) is 2.65. The molecule has 110 valence electrons. The second-order valence-electron chi connectivity index (χ2n) is 4.06. The number of carboxylic acids is 1. The first-order valence-corrected chi connectivity index (χ1v) is 8.66. The van der Waals surface area contributed by atoms with Crippen LogP contribution >= 0.6 is 0 Å². The van der Waals surface area contributed by atoms with Gasteiger partial charge in [-0.2, -0.15) is 0 Å². The third-order valence-electron chi connectivity index (χ3n) is 2.50. The van der Waals surface area contributed by atoms with Crippen molar-refractivity contribution in [2.75, 3.05) is 24.6 Å². The molecule has 1 aliphatic heterocycles. The Kier molecular flexibility index (Phi) is 4.87. The lowest BCUT2D eigenvalue weighted by molar-refractivity contribution is -0.137. The number of sulfonamides is 1. The van der Waals surface area contributed by atoms with Gasteiger partial charge in [-0.15, -0.1) is 0 Å². The molecule has 1 amide bonds. The highest BCUT2D eigenvalue weighted by Crippen LogP contribution is 2.17. The Morgan fingerprint density at radius 1 is 1.26 bits per heavy atom. The molecule has 1 aliphatic rings. The lowest BCUT2D eigenvalue weighted by Crippen LogP contribution is -2.42. The van der Waals surface area contributed by atoms with Crippen LogP contribution in [0.2, 0.25) is 0 Å². The normalized spacial score (nSPS) is 22.0. The van der Waals surface area contributed by atoms with Crippen molar-refractivity contribution < 1.29 is 31.5 Å². The lowest BCUT2D eigenvalue weighted by Gasteiger charge is -2.10. The number of carbonyl (C=O) groups excluding carboxylic acids is 1. The molecular formula is C8H14N2O7S2. The monoisotopic (exact) mass is 314 g/mol. The van der Waals surface area contributed by atoms with Gasteiger partial charge in [-0.05, 0) is 6.42 Å². The predicted octanol–water partition coefficient (Wildman–Crippen LogP) is -2.71. The number of sulfone groups is 1. The van der Waals surface area contributed by atoms with Crippen LogP contribution < -0.4 is 10.0 Å². The Bertz CT molecular complexity index is 566. The Morgan fingerprint density at radius 3 is 2.37 bits per heavy atom. The van der Waals surface area contributed by atoms with Crippen molar-refractivity contribution >= 4 is 31.7 Å². The van der Waals surface area contributed by atoms with Gasteiger partial charge in [0.2, 0.25) is 15.9 Å². The molecule has 0 spiro atoms. The summed E-state index contributed by atoms with van der Waals surface area (Å²) in [4.78, 5) is 21.3. The lowest BCUT2D eigenvalue weighted by atomic mass is 10.4. The molecule has 0 aromatic rings. The zero-order valence-corrected chi connectivity index (χ0v) is 11.5. The number of carboxylic acid groups (broad SMARTS) is 1. The summed E-state index contributed by atoms with van der Waals surface area (Å²) in [6.45, 7) is -1.23. The van der Waals surface area contributed by atoms with Gasteiger partial charge in [0.25, 0.3) is 0 Å². The van der Waals surface area contributed by atoms with Gasteiger partial charge in [-0.1, -0.05) is 0 Å². The highest BCUT2D eigenvalue weighted by Gasteiger charge is 2.37. The minimum absolute atomic E-state index is 0.00554. The van der Waals surface area contributed by atoms with E-state index in [2.05, 4.69) is 0 Å². The number of amides is 1. The van der Waals surface area contributed by atoms with Crippen LogP contribution in [-0.2, 0) is 29.4 Å². The Labute approximate surface area is 110 Å². The van der Waals surface area contributed by atoms with E-state index < -0.39 is 55.8 Å². The maximum Gasteiger partial charge on any atom is 0.322 e. The number of hydrogen-bond acceptors (Lipinski definition) is 6. The quantitative estimate of drug-likeness (QED) is 0.483. The van der Waals surface area contributed by atoms with Crippen molar-refractivity contribution in [3.63, 3.8) is 0 Å². The average molecular weight is 314 g/mol. The van der Waals surface area contributed by atoms with E-state index in [1.807, 2.05) is 10.0 Å². The smallest absolute Gasteiger partial charge is 0.322 e. The molecular weight excluding hydrogens is 300 g/mol. The van der Waals surface area contributed by atoms with E-state index in [9.17, 15) is 26.4 Å². The zero-order chi connectivity index (χ0) is 14.7. The molecule has 0 radical (unpaired) electrons. The zero-order valence-electron chi connectivity index (χ0n) is 9.83. The minimum atomic E-state index is -3.90. The van der Waals surface area contributed by atoms with Crippen molar-refractivity contribution in [2.24, 2.45) is 0 Å². The summed E-state index contributed by atoms with van der Waals surface area (Å²) >= 11 is 0. The highest BCUT2D eigenvalue weighted by molar-refractivity contribution is 7.95. The standard InChI is InChI=1S/C8H14N2O7S2/c11-7(9-4-8(12)13)3-10-19(16,17)6-1-2-18(14,15)5-6/h6,10H,1-5H2,(H,9,11)(H,12,13). The van der Waals surface area contributed by atoms with Crippen LogP contribution in [0.1, 0.15) is 6.42 Å².